The Hall–Kier alpha value is -9.90. The van der Waals surface area contributed by atoms with E-state index in [-0.39, 0.29) is 12.1 Å². The number of benzene rings is 12. The molecule has 0 unspecified atom stereocenters. The summed E-state index contributed by atoms with van der Waals surface area (Å²) < 4.78 is 6.41. The molecule has 0 atom stereocenters. The lowest BCUT2D eigenvalue weighted by atomic mass is 9.33. The van der Waals surface area contributed by atoms with E-state index >= 15 is 0 Å². The third kappa shape index (κ3) is 6.47. The number of anilines is 6. The molecule has 3 heterocycles. The molecule has 2 aliphatic heterocycles. The van der Waals surface area contributed by atoms with E-state index in [1.54, 1.807) is 0 Å². The van der Waals surface area contributed by atoms with Crippen molar-refractivity contribution < 1.29 is 4.42 Å². The lowest BCUT2D eigenvalue weighted by molar-refractivity contribution is 0.590. The van der Waals surface area contributed by atoms with Crippen LogP contribution in [0.4, 0.5) is 34.1 Å². The largest absolute Gasteiger partial charge is 0.456 e. The van der Waals surface area contributed by atoms with Gasteiger partial charge in [0.15, 0.2) is 0 Å². The highest BCUT2D eigenvalue weighted by Crippen LogP contribution is 2.64. The van der Waals surface area contributed by atoms with E-state index in [1.807, 2.05) is 0 Å². The standard InChI is InChI=1S/C77H53BN2O/c1-76(2,3)52-44-71-75-72(45-52)80(68-36-20-14-27-54(68)49-24-8-5-9-25-49)70-46-59-57-30-12-18-34-63(57)77(61-32-16-10-28-55(61)56-29-11-17-33-62(56)77)64(59)47-66(70)78(75)65-40-38-51(50-39-41-74-60(42-50)58-31-15-21-37-73(58)81-74)43-69(65)79(71)67-35-19-13-26-53(67)48-22-6-4-7-23-48/h4-47H,1-3H3. The molecule has 0 saturated carbocycles. The Kier molecular flexibility index (Phi) is 9.70. The molecule has 0 bridgehead atoms. The van der Waals surface area contributed by atoms with Gasteiger partial charge in [0.05, 0.1) is 16.8 Å². The van der Waals surface area contributed by atoms with Gasteiger partial charge in [-0.25, -0.2) is 0 Å². The molecule has 1 aromatic heterocycles. The molecular formula is C77H53BN2O. The van der Waals surface area contributed by atoms with Crippen LogP contribution in [-0.2, 0) is 10.8 Å². The maximum Gasteiger partial charge on any atom is 0.252 e. The SMILES string of the molecule is CC(C)(C)c1cc2c3c(c1)N(c1ccccc1-c1ccccc1)c1cc4c(cc1B3c1ccc(-c3ccc5oc6ccccc6c5c3)cc1N2c1ccccc1-c1ccccc1)C1(c2ccccc2-c2ccccc21)c1ccccc1-4. The van der Waals surface area contributed by atoms with Gasteiger partial charge in [0.1, 0.15) is 11.2 Å². The fraction of sp³-hybridized carbons (Fsp3) is 0.0649. The number of hydrogen-bond acceptors (Lipinski definition) is 3. The molecule has 13 aromatic rings. The van der Waals surface area contributed by atoms with Gasteiger partial charge in [-0.05, 0) is 149 Å². The Morgan fingerprint density at radius 1 is 0.321 bits per heavy atom. The van der Waals surface area contributed by atoms with E-state index in [9.17, 15) is 0 Å². The first-order valence-corrected chi connectivity index (χ1v) is 28.4. The zero-order chi connectivity index (χ0) is 53.7. The Labute approximate surface area is 472 Å². The molecule has 0 radical (unpaired) electrons. The lowest BCUT2D eigenvalue weighted by Gasteiger charge is -2.46. The predicted octanol–water partition coefficient (Wildman–Crippen LogP) is 18.3. The van der Waals surface area contributed by atoms with Gasteiger partial charge in [-0.3, -0.25) is 0 Å². The van der Waals surface area contributed by atoms with Crippen molar-refractivity contribution in [3.8, 4) is 55.6 Å². The molecule has 4 aliphatic rings. The minimum atomic E-state index is -0.530. The summed E-state index contributed by atoms with van der Waals surface area (Å²) in [6, 6.07) is 100. The van der Waals surface area contributed by atoms with E-state index in [4.69, 9.17) is 4.42 Å². The molecule has 2 aliphatic carbocycles. The van der Waals surface area contributed by atoms with Crippen molar-refractivity contribution in [1.29, 1.82) is 0 Å². The Balaban J connectivity index is 1.02. The minimum Gasteiger partial charge on any atom is -0.456 e. The molecule has 1 spiro atoms. The van der Waals surface area contributed by atoms with Gasteiger partial charge < -0.3 is 14.2 Å². The first-order chi connectivity index (χ1) is 39.8. The number of rotatable bonds is 5. The van der Waals surface area contributed by atoms with E-state index in [2.05, 4.69) is 297 Å². The fourth-order valence-electron chi connectivity index (χ4n) is 14.7. The maximum absolute atomic E-state index is 6.41. The van der Waals surface area contributed by atoms with Gasteiger partial charge in [0, 0.05) is 44.6 Å². The van der Waals surface area contributed by atoms with E-state index < -0.39 is 5.41 Å². The van der Waals surface area contributed by atoms with Crippen molar-refractivity contribution in [3.05, 3.63) is 295 Å². The number of hydrogen-bond donors (Lipinski definition) is 0. The van der Waals surface area contributed by atoms with Crippen molar-refractivity contribution >= 4 is 79.2 Å². The van der Waals surface area contributed by atoms with Crippen LogP contribution in [0, 0.1) is 0 Å². The van der Waals surface area contributed by atoms with Crippen LogP contribution in [0.5, 0.6) is 0 Å². The molecule has 17 rings (SSSR count). The van der Waals surface area contributed by atoms with Gasteiger partial charge >= 0.3 is 0 Å². The van der Waals surface area contributed by atoms with Gasteiger partial charge in [-0.1, -0.05) is 233 Å². The average molecular weight is 1030 g/mol. The summed E-state index contributed by atoms with van der Waals surface area (Å²) in [5.74, 6) is 0. The first kappa shape index (κ1) is 46.1. The second-order valence-corrected chi connectivity index (χ2v) is 23.5. The third-order valence-electron chi connectivity index (χ3n) is 18.2. The zero-order valence-electron chi connectivity index (χ0n) is 45.3. The highest BCUT2D eigenvalue weighted by molar-refractivity contribution is 7.00. The molecule has 0 fully saturated rings. The van der Waals surface area contributed by atoms with Crippen molar-refractivity contribution in [1.82, 2.24) is 0 Å². The Morgan fingerprint density at radius 2 is 0.790 bits per heavy atom. The number of furan rings is 1. The predicted molar refractivity (Wildman–Crippen MR) is 339 cm³/mol. The van der Waals surface area contributed by atoms with Crippen LogP contribution in [0.3, 0.4) is 0 Å². The minimum absolute atomic E-state index is 0.151. The first-order valence-electron chi connectivity index (χ1n) is 28.4. The van der Waals surface area contributed by atoms with Crippen molar-refractivity contribution in [2.75, 3.05) is 9.80 Å². The molecular weight excluding hydrogens is 980 g/mol. The maximum atomic E-state index is 6.41. The molecule has 81 heavy (non-hydrogen) atoms. The van der Waals surface area contributed by atoms with Crippen molar-refractivity contribution in [2.45, 2.75) is 31.6 Å². The normalized spacial score (nSPS) is 13.9. The number of nitrogens with zero attached hydrogens (tertiary/aromatic N) is 2. The second kappa shape index (κ2) is 17.1. The van der Waals surface area contributed by atoms with Gasteiger partial charge in [0.2, 0.25) is 0 Å². The second-order valence-electron chi connectivity index (χ2n) is 23.5. The Morgan fingerprint density at radius 3 is 1.38 bits per heavy atom. The summed E-state index contributed by atoms with van der Waals surface area (Å²) >= 11 is 0. The zero-order valence-corrected chi connectivity index (χ0v) is 45.3. The van der Waals surface area contributed by atoms with Crippen LogP contribution in [-0.4, -0.2) is 6.71 Å². The number of para-hydroxylation sites is 3. The van der Waals surface area contributed by atoms with Crippen LogP contribution in [0.15, 0.2) is 271 Å². The summed E-state index contributed by atoms with van der Waals surface area (Å²) in [4.78, 5) is 5.27. The molecule has 0 saturated heterocycles. The monoisotopic (exact) mass is 1030 g/mol. The van der Waals surface area contributed by atoms with Crippen LogP contribution >= 0.6 is 0 Å². The summed E-state index contributed by atoms with van der Waals surface area (Å²) in [7, 11) is 0. The smallest absolute Gasteiger partial charge is 0.252 e. The molecule has 380 valence electrons. The van der Waals surface area contributed by atoms with Crippen molar-refractivity contribution in [2.24, 2.45) is 0 Å². The van der Waals surface area contributed by atoms with Crippen LogP contribution in [0.25, 0.3) is 77.6 Å². The summed E-state index contributed by atoms with van der Waals surface area (Å²) in [5, 5.41) is 2.24. The van der Waals surface area contributed by atoms with E-state index in [0.717, 1.165) is 44.4 Å². The molecule has 12 aromatic carbocycles. The van der Waals surface area contributed by atoms with Crippen molar-refractivity contribution in [3.63, 3.8) is 0 Å². The molecule has 0 N–H and O–H groups in total. The summed E-state index contributed by atoms with van der Waals surface area (Å²) in [6.45, 7) is 6.95. The lowest BCUT2D eigenvalue weighted by Crippen LogP contribution is -2.61. The molecule has 4 heteroatoms. The van der Waals surface area contributed by atoms with Crippen LogP contribution in [0.2, 0.25) is 0 Å². The quantitative estimate of drug-likeness (QED) is 0.160. The summed E-state index contributed by atoms with van der Waals surface area (Å²) in [6.07, 6.45) is 0. The Bertz CT molecular complexity index is 4730. The average Bonchev–Trinajstić information content (AvgIpc) is 2.18. The van der Waals surface area contributed by atoms with E-state index in [1.165, 1.54) is 111 Å². The third-order valence-corrected chi connectivity index (χ3v) is 18.2. The summed E-state index contributed by atoms with van der Waals surface area (Å²) in [5.41, 5.74) is 30.7. The topological polar surface area (TPSA) is 19.6 Å². The van der Waals surface area contributed by atoms with Gasteiger partial charge in [0.25, 0.3) is 6.71 Å². The fourth-order valence-corrected chi connectivity index (χ4v) is 14.7. The molecule has 0 amide bonds. The number of fused-ring (bicyclic) bond motifs is 17. The highest BCUT2D eigenvalue weighted by atomic mass is 16.3. The molecule has 3 nitrogen and oxygen atoms in total. The van der Waals surface area contributed by atoms with Crippen LogP contribution < -0.4 is 26.2 Å². The van der Waals surface area contributed by atoms with Gasteiger partial charge in [-0.15, -0.1) is 0 Å². The van der Waals surface area contributed by atoms with Gasteiger partial charge in [-0.2, -0.15) is 0 Å². The van der Waals surface area contributed by atoms with Crippen LogP contribution in [0.1, 0.15) is 48.6 Å². The van der Waals surface area contributed by atoms with E-state index in [0.29, 0.717) is 0 Å². The highest BCUT2D eigenvalue weighted by Gasteiger charge is 2.54.